The number of amides is 2. The maximum Gasteiger partial charge on any atom is 0.416 e. The number of cyclic esters (lactones) is 1. The summed E-state index contributed by atoms with van der Waals surface area (Å²) in [5, 5.41) is 0. The Morgan fingerprint density at radius 2 is 1.70 bits per heavy atom. The van der Waals surface area contributed by atoms with Crippen LogP contribution in [0.2, 0.25) is 0 Å². The monoisotopic (exact) mass is 668 g/mol. The molecule has 2 atom stereocenters. The van der Waals surface area contributed by atoms with E-state index in [2.05, 4.69) is 15.0 Å². The van der Waals surface area contributed by atoms with Crippen LogP contribution in [0, 0.1) is 0 Å². The molecule has 2 aromatic heterocycles. The SMILES string of the molecule is CCOC(=O)N1c2ccc(OC)nc2[C@@H](N(Cc2cc(C(F)(F)F)cc(C(F)(F)F)c2)c2ncc(N3CCOC3=O)cn2)C[C@H]1CC. The molecule has 3 aromatic rings. The van der Waals surface area contributed by atoms with Crippen molar-refractivity contribution in [1.82, 2.24) is 15.0 Å². The quantitative estimate of drug-likeness (QED) is 0.240. The van der Waals surface area contributed by atoms with Gasteiger partial charge in [0.15, 0.2) is 0 Å². The molecule has 17 heteroatoms. The minimum absolute atomic E-state index is 0.0565. The predicted molar refractivity (Wildman–Crippen MR) is 155 cm³/mol. The number of carbonyl (C=O) groups excluding carboxylic acids is 2. The molecule has 47 heavy (non-hydrogen) atoms. The standard InChI is InChI=1S/C30H30F6N6O5/c1-4-20-13-23(25-22(6-7-24(39-25)45-3)42(20)28(44)46-5-2)41(26-37-14-21(15-38-26)40-8-9-47-27(40)43)16-17-10-18(29(31,32)33)12-19(11-17)30(34,35)36/h6-7,10-12,14-15,20,23H,4-5,8-9,13,16H2,1-3H3/t20-,23+/m1/s1. The lowest BCUT2D eigenvalue weighted by atomic mass is 9.92. The fourth-order valence-electron chi connectivity index (χ4n) is 5.61. The van der Waals surface area contributed by atoms with Gasteiger partial charge in [0.2, 0.25) is 11.8 Å². The van der Waals surface area contributed by atoms with E-state index >= 15 is 0 Å². The Hall–Kier alpha value is -4.83. The lowest BCUT2D eigenvalue weighted by Crippen LogP contribution is -2.48. The number of pyridine rings is 1. The van der Waals surface area contributed by atoms with Crippen LogP contribution in [0.15, 0.2) is 42.7 Å². The van der Waals surface area contributed by atoms with Gasteiger partial charge in [0.1, 0.15) is 6.61 Å². The van der Waals surface area contributed by atoms with Gasteiger partial charge in [-0.2, -0.15) is 26.3 Å². The lowest BCUT2D eigenvalue weighted by Gasteiger charge is -2.43. The van der Waals surface area contributed by atoms with Gasteiger partial charge < -0.3 is 19.1 Å². The van der Waals surface area contributed by atoms with Crippen LogP contribution in [0.3, 0.4) is 0 Å². The molecule has 4 heterocycles. The summed E-state index contributed by atoms with van der Waals surface area (Å²) in [5.74, 6) is 0.0713. The fraction of sp³-hybridized carbons (Fsp3) is 0.433. The van der Waals surface area contributed by atoms with E-state index in [1.807, 2.05) is 6.92 Å². The Kier molecular flexibility index (Phi) is 9.36. The summed E-state index contributed by atoms with van der Waals surface area (Å²) in [4.78, 5) is 42.7. The first-order valence-electron chi connectivity index (χ1n) is 14.6. The van der Waals surface area contributed by atoms with Crippen molar-refractivity contribution in [3.8, 4) is 5.88 Å². The van der Waals surface area contributed by atoms with Crippen molar-refractivity contribution in [2.45, 2.75) is 57.7 Å². The molecule has 0 saturated carbocycles. The highest BCUT2D eigenvalue weighted by atomic mass is 19.4. The number of hydrogen-bond acceptors (Lipinski definition) is 9. The van der Waals surface area contributed by atoms with Gasteiger partial charge in [0, 0.05) is 18.7 Å². The van der Waals surface area contributed by atoms with E-state index in [0.29, 0.717) is 24.2 Å². The molecule has 1 saturated heterocycles. The van der Waals surface area contributed by atoms with E-state index in [1.54, 1.807) is 13.0 Å². The lowest BCUT2D eigenvalue weighted by molar-refractivity contribution is -0.143. The van der Waals surface area contributed by atoms with Gasteiger partial charge in [0.05, 0.1) is 66.9 Å². The zero-order chi connectivity index (χ0) is 34.1. The summed E-state index contributed by atoms with van der Waals surface area (Å²) in [5.41, 5.74) is -2.45. The molecule has 1 fully saturated rings. The van der Waals surface area contributed by atoms with Crippen LogP contribution in [0.25, 0.3) is 0 Å². The summed E-state index contributed by atoms with van der Waals surface area (Å²) < 4.78 is 98.5. The largest absolute Gasteiger partial charge is 0.481 e. The molecular weight excluding hydrogens is 638 g/mol. The molecule has 2 amide bonds. The summed E-state index contributed by atoms with van der Waals surface area (Å²) in [6.45, 7) is 3.42. The zero-order valence-corrected chi connectivity index (χ0v) is 25.4. The molecule has 0 radical (unpaired) electrons. The van der Waals surface area contributed by atoms with Gasteiger partial charge in [-0.05, 0) is 49.6 Å². The third-order valence-corrected chi connectivity index (χ3v) is 7.79. The van der Waals surface area contributed by atoms with Crippen molar-refractivity contribution in [1.29, 1.82) is 0 Å². The van der Waals surface area contributed by atoms with Gasteiger partial charge >= 0.3 is 24.5 Å². The van der Waals surface area contributed by atoms with E-state index in [-0.39, 0.29) is 61.0 Å². The van der Waals surface area contributed by atoms with Gasteiger partial charge in [-0.3, -0.25) is 9.80 Å². The number of fused-ring (bicyclic) bond motifs is 1. The number of benzene rings is 1. The molecule has 11 nitrogen and oxygen atoms in total. The number of rotatable bonds is 8. The van der Waals surface area contributed by atoms with Crippen molar-refractivity contribution in [2.24, 2.45) is 0 Å². The molecule has 0 spiro atoms. The molecule has 0 N–H and O–H groups in total. The Balaban J connectivity index is 1.67. The second kappa shape index (κ2) is 13.1. The Morgan fingerprint density at radius 3 is 2.23 bits per heavy atom. The highest BCUT2D eigenvalue weighted by Gasteiger charge is 2.42. The third-order valence-electron chi connectivity index (χ3n) is 7.79. The maximum absolute atomic E-state index is 13.8. The van der Waals surface area contributed by atoms with Crippen molar-refractivity contribution >= 4 is 29.5 Å². The second-order valence-corrected chi connectivity index (χ2v) is 10.7. The number of nitrogens with zero attached hydrogens (tertiary/aromatic N) is 6. The smallest absolute Gasteiger partial charge is 0.416 e. The van der Waals surface area contributed by atoms with E-state index in [1.165, 1.54) is 40.3 Å². The average Bonchev–Trinajstić information content (AvgIpc) is 3.47. The Morgan fingerprint density at radius 1 is 1.04 bits per heavy atom. The number of anilines is 3. The van der Waals surface area contributed by atoms with Crippen LogP contribution in [-0.4, -0.2) is 60.0 Å². The van der Waals surface area contributed by atoms with Crippen molar-refractivity contribution in [3.63, 3.8) is 0 Å². The third kappa shape index (κ3) is 6.97. The Bertz CT molecular complexity index is 1590. The molecule has 2 aliphatic heterocycles. The van der Waals surface area contributed by atoms with E-state index in [9.17, 15) is 35.9 Å². The first-order valence-corrected chi connectivity index (χ1v) is 14.6. The Labute approximate surface area is 265 Å². The number of ether oxygens (including phenoxy) is 3. The molecule has 0 unspecified atom stereocenters. The van der Waals surface area contributed by atoms with Crippen molar-refractivity contribution in [3.05, 3.63) is 65.1 Å². The molecule has 1 aromatic carbocycles. The topological polar surface area (TPSA) is 110 Å². The summed E-state index contributed by atoms with van der Waals surface area (Å²) >= 11 is 0. The molecule has 0 aliphatic carbocycles. The molecular formula is C30H30F6N6O5. The first kappa shape index (κ1) is 33.5. The number of methoxy groups -OCH3 is 1. The average molecular weight is 669 g/mol. The summed E-state index contributed by atoms with van der Waals surface area (Å²) in [6, 6.07) is 3.05. The minimum atomic E-state index is -5.07. The summed E-state index contributed by atoms with van der Waals surface area (Å²) in [7, 11) is 1.37. The molecule has 0 bridgehead atoms. The maximum atomic E-state index is 13.8. The highest BCUT2D eigenvalue weighted by Crippen LogP contribution is 2.44. The first-order chi connectivity index (χ1) is 22.2. The minimum Gasteiger partial charge on any atom is -0.481 e. The second-order valence-electron chi connectivity index (χ2n) is 10.7. The number of halogens is 6. The number of hydrogen-bond donors (Lipinski definition) is 0. The van der Waals surface area contributed by atoms with Crippen molar-refractivity contribution < 1.29 is 50.1 Å². The van der Waals surface area contributed by atoms with Gasteiger partial charge in [-0.15, -0.1) is 0 Å². The highest BCUT2D eigenvalue weighted by molar-refractivity contribution is 5.90. The van der Waals surface area contributed by atoms with Crippen molar-refractivity contribution in [2.75, 3.05) is 41.6 Å². The van der Waals surface area contributed by atoms with Gasteiger partial charge in [0.25, 0.3) is 0 Å². The van der Waals surface area contributed by atoms with Crippen LogP contribution < -0.4 is 19.4 Å². The fourth-order valence-corrected chi connectivity index (χ4v) is 5.61. The predicted octanol–water partition coefficient (Wildman–Crippen LogP) is 6.77. The van der Waals surface area contributed by atoms with E-state index in [0.717, 1.165) is 0 Å². The molecule has 5 rings (SSSR count). The van der Waals surface area contributed by atoms with Crippen LogP contribution >= 0.6 is 0 Å². The van der Waals surface area contributed by atoms with Crippen LogP contribution in [0.1, 0.15) is 55.1 Å². The van der Waals surface area contributed by atoms with Crippen LogP contribution in [0.5, 0.6) is 5.88 Å². The van der Waals surface area contributed by atoms with E-state index in [4.69, 9.17) is 14.2 Å². The van der Waals surface area contributed by atoms with Crippen LogP contribution in [0.4, 0.5) is 53.3 Å². The zero-order valence-electron chi connectivity index (χ0n) is 25.4. The van der Waals surface area contributed by atoms with Crippen LogP contribution in [-0.2, 0) is 28.4 Å². The summed E-state index contributed by atoms with van der Waals surface area (Å²) in [6.07, 6.45) is -8.26. The number of carbonyl (C=O) groups is 2. The molecule has 2 aliphatic rings. The van der Waals surface area contributed by atoms with Gasteiger partial charge in [-0.1, -0.05) is 6.92 Å². The number of alkyl halides is 6. The normalized spacial score (nSPS) is 18.1. The number of aromatic nitrogens is 3. The van der Waals surface area contributed by atoms with E-state index < -0.39 is 54.3 Å². The van der Waals surface area contributed by atoms with Gasteiger partial charge in [-0.25, -0.2) is 24.5 Å². The molecule has 252 valence electrons.